The maximum absolute atomic E-state index is 12.2. The highest BCUT2D eigenvalue weighted by Gasteiger charge is 2.34. The molecule has 0 bridgehead atoms. The van der Waals surface area contributed by atoms with Crippen molar-refractivity contribution in [1.29, 1.82) is 0 Å². The number of nitrogens with zero attached hydrogens (tertiary/aromatic N) is 5. The van der Waals surface area contributed by atoms with Crippen LogP contribution >= 0.6 is 0 Å². The molecule has 0 aliphatic carbocycles. The highest BCUT2D eigenvalue weighted by atomic mass is 16.5. The number of carbonyl (C=O) groups excluding carboxylic acids is 1. The number of carbonyl (C=O) groups is 1. The molecule has 0 spiro atoms. The van der Waals surface area contributed by atoms with E-state index < -0.39 is 0 Å². The van der Waals surface area contributed by atoms with Crippen molar-refractivity contribution < 1.29 is 14.1 Å². The smallest absolute Gasteiger partial charge is 0.226 e. The highest BCUT2D eigenvalue weighted by Crippen LogP contribution is 2.21. The Morgan fingerprint density at radius 3 is 2.96 bits per heavy atom. The average Bonchev–Trinajstić information content (AvgIpc) is 3.24. The molecule has 25 heavy (non-hydrogen) atoms. The second kappa shape index (κ2) is 7.47. The first kappa shape index (κ1) is 17.2. The first-order chi connectivity index (χ1) is 12.1. The van der Waals surface area contributed by atoms with Crippen molar-refractivity contribution in [2.75, 3.05) is 44.1 Å². The number of nitrogens with one attached hydrogen (secondary N) is 1. The van der Waals surface area contributed by atoms with Crippen LogP contribution in [0.3, 0.4) is 0 Å². The molecule has 1 N–H and O–H groups in total. The molecule has 0 aromatic carbocycles. The van der Waals surface area contributed by atoms with Crippen LogP contribution in [-0.2, 0) is 16.0 Å². The predicted octanol–water partition coefficient (Wildman–Crippen LogP) is 0.0931. The minimum Gasteiger partial charge on any atom is -0.377 e. The standard InChI is InChI=1S/C16H22N6O3/c1-21(2)16-17-6-4-14(19-16)22-9-12(13(10-22)24-3)18-15(23)8-11-5-7-25-20-11/h4-7,12-13H,8-10H2,1-3H3,(H,18,23)/t12-,13+/m0/s1. The molecule has 1 aliphatic rings. The van der Waals surface area contributed by atoms with E-state index in [2.05, 4.69) is 25.3 Å². The summed E-state index contributed by atoms with van der Waals surface area (Å²) >= 11 is 0. The van der Waals surface area contributed by atoms with E-state index in [4.69, 9.17) is 9.26 Å². The Kier molecular flexibility index (Phi) is 5.13. The zero-order chi connectivity index (χ0) is 17.8. The largest absolute Gasteiger partial charge is 0.377 e. The summed E-state index contributed by atoms with van der Waals surface area (Å²) in [7, 11) is 5.44. The van der Waals surface area contributed by atoms with Gasteiger partial charge in [-0.1, -0.05) is 5.16 Å². The Hall–Kier alpha value is -2.68. The number of ether oxygens (including phenoxy) is 1. The number of amides is 1. The maximum Gasteiger partial charge on any atom is 0.226 e. The van der Waals surface area contributed by atoms with Crippen LogP contribution in [0.4, 0.5) is 11.8 Å². The number of hydrogen-bond donors (Lipinski definition) is 1. The summed E-state index contributed by atoms with van der Waals surface area (Å²) in [6, 6.07) is 3.42. The van der Waals surface area contributed by atoms with E-state index in [-0.39, 0.29) is 24.5 Å². The van der Waals surface area contributed by atoms with Crippen LogP contribution in [0.1, 0.15) is 5.69 Å². The zero-order valence-corrected chi connectivity index (χ0v) is 14.5. The first-order valence-electron chi connectivity index (χ1n) is 8.03. The molecule has 2 aromatic rings. The van der Waals surface area contributed by atoms with Crippen LogP contribution in [-0.4, -0.2) is 67.5 Å². The monoisotopic (exact) mass is 346 g/mol. The molecule has 3 heterocycles. The topological polar surface area (TPSA) is 96.6 Å². The molecule has 1 aliphatic heterocycles. The Bertz CT molecular complexity index is 706. The van der Waals surface area contributed by atoms with Gasteiger partial charge in [-0.05, 0) is 6.07 Å². The SMILES string of the molecule is CO[C@@H]1CN(c2ccnc(N(C)C)n2)C[C@@H]1NC(=O)Cc1ccon1. The lowest BCUT2D eigenvalue weighted by molar-refractivity contribution is -0.121. The van der Waals surface area contributed by atoms with Crippen LogP contribution in [0, 0.1) is 0 Å². The van der Waals surface area contributed by atoms with Crippen molar-refractivity contribution in [3.63, 3.8) is 0 Å². The molecular weight excluding hydrogens is 324 g/mol. The van der Waals surface area contributed by atoms with E-state index in [1.54, 1.807) is 19.4 Å². The summed E-state index contributed by atoms with van der Waals surface area (Å²) in [5.74, 6) is 1.35. The Balaban J connectivity index is 1.65. The van der Waals surface area contributed by atoms with Crippen molar-refractivity contribution in [3.05, 3.63) is 30.3 Å². The summed E-state index contributed by atoms with van der Waals surface area (Å²) < 4.78 is 10.3. The average molecular weight is 346 g/mol. The predicted molar refractivity (Wildman–Crippen MR) is 91.5 cm³/mol. The second-order valence-corrected chi connectivity index (χ2v) is 6.13. The number of aromatic nitrogens is 3. The van der Waals surface area contributed by atoms with Gasteiger partial charge in [-0.2, -0.15) is 4.98 Å². The van der Waals surface area contributed by atoms with Gasteiger partial charge in [-0.25, -0.2) is 4.98 Å². The molecule has 1 saturated heterocycles. The van der Waals surface area contributed by atoms with Crippen LogP contribution < -0.4 is 15.1 Å². The van der Waals surface area contributed by atoms with Gasteiger partial charge in [-0.3, -0.25) is 4.79 Å². The van der Waals surface area contributed by atoms with Gasteiger partial charge in [0.25, 0.3) is 0 Å². The van der Waals surface area contributed by atoms with Crippen LogP contribution in [0.5, 0.6) is 0 Å². The lowest BCUT2D eigenvalue weighted by Gasteiger charge is -2.19. The Morgan fingerprint density at radius 1 is 1.44 bits per heavy atom. The molecule has 0 unspecified atom stereocenters. The van der Waals surface area contributed by atoms with Gasteiger partial charge >= 0.3 is 0 Å². The van der Waals surface area contributed by atoms with E-state index in [9.17, 15) is 4.79 Å². The quantitative estimate of drug-likeness (QED) is 0.786. The van der Waals surface area contributed by atoms with Gasteiger partial charge < -0.3 is 24.4 Å². The summed E-state index contributed by atoms with van der Waals surface area (Å²) in [6.45, 7) is 1.27. The molecule has 9 nitrogen and oxygen atoms in total. The minimum atomic E-state index is -0.123. The molecule has 0 radical (unpaired) electrons. The number of methoxy groups -OCH3 is 1. The molecule has 2 aromatic heterocycles. The molecule has 2 atom stereocenters. The van der Waals surface area contributed by atoms with Gasteiger partial charge in [0.2, 0.25) is 11.9 Å². The number of hydrogen-bond acceptors (Lipinski definition) is 8. The van der Waals surface area contributed by atoms with Crippen molar-refractivity contribution in [2.24, 2.45) is 0 Å². The molecule has 0 saturated carbocycles. The van der Waals surface area contributed by atoms with Gasteiger partial charge in [-0.15, -0.1) is 0 Å². The van der Waals surface area contributed by atoms with Crippen molar-refractivity contribution in [3.8, 4) is 0 Å². The summed E-state index contributed by atoms with van der Waals surface area (Å²) in [4.78, 5) is 24.9. The van der Waals surface area contributed by atoms with Gasteiger partial charge in [0, 0.05) is 46.6 Å². The van der Waals surface area contributed by atoms with Crippen LogP contribution in [0.2, 0.25) is 0 Å². The third-order valence-electron chi connectivity index (χ3n) is 4.10. The Labute approximate surface area is 146 Å². The van der Waals surface area contributed by atoms with E-state index >= 15 is 0 Å². The highest BCUT2D eigenvalue weighted by molar-refractivity contribution is 5.78. The molecular formula is C16H22N6O3. The lowest BCUT2D eigenvalue weighted by Crippen LogP contribution is -2.44. The fraction of sp³-hybridized carbons (Fsp3) is 0.500. The zero-order valence-electron chi connectivity index (χ0n) is 14.5. The van der Waals surface area contributed by atoms with Crippen LogP contribution in [0.25, 0.3) is 0 Å². The van der Waals surface area contributed by atoms with E-state index in [1.807, 2.05) is 25.1 Å². The fourth-order valence-electron chi connectivity index (χ4n) is 2.82. The molecule has 1 amide bonds. The molecule has 9 heteroatoms. The van der Waals surface area contributed by atoms with Crippen molar-refractivity contribution in [2.45, 2.75) is 18.6 Å². The van der Waals surface area contributed by atoms with Crippen LogP contribution in [0.15, 0.2) is 29.1 Å². The minimum absolute atomic E-state index is 0.112. The molecule has 3 rings (SSSR count). The second-order valence-electron chi connectivity index (χ2n) is 6.13. The summed E-state index contributed by atoms with van der Waals surface area (Å²) in [5, 5.41) is 6.77. The normalized spacial score (nSPS) is 19.9. The maximum atomic E-state index is 12.2. The number of rotatable bonds is 6. The van der Waals surface area contributed by atoms with E-state index in [1.165, 1.54) is 6.26 Å². The van der Waals surface area contributed by atoms with Gasteiger partial charge in [0.1, 0.15) is 12.1 Å². The van der Waals surface area contributed by atoms with E-state index in [0.717, 1.165) is 5.82 Å². The summed E-state index contributed by atoms with van der Waals surface area (Å²) in [5.41, 5.74) is 0.604. The molecule has 1 fully saturated rings. The third-order valence-corrected chi connectivity index (χ3v) is 4.10. The fourth-order valence-corrected chi connectivity index (χ4v) is 2.82. The lowest BCUT2D eigenvalue weighted by atomic mass is 10.2. The first-order valence-corrected chi connectivity index (χ1v) is 8.03. The summed E-state index contributed by atoms with van der Waals surface area (Å²) in [6.07, 6.45) is 3.26. The Morgan fingerprint density at radius 2 is 2.28 bits per heavy atom. The van der Waals surface area contributed by atoms with E-state index in [0.29, 0.717) is 24.7 Å². The third kappa shape index (κ3) is 4.05. The number of anilines is 2. The van der Waals surface area contributed by atoms with Gasteiger partial charge in [0.15, 0.2) is 0 Å². The van der Waals surface area contributed by atoms with Crippen molar-refractivity contribution >= 4 is 17.7 Å². The van der Waals surface area contributed by atoms with Crippen molar-refractivity contribution in [1.82, 2.24) is 20.4 Å². The van der Waals surface area contributed by atoms with Gasteiger partial charge in [0.05, 0.1) is 24.3 Å². The molecule has 134 valence electrons.